The molecule has 1 unspecified atom stereocenters. The number of hydrogen-bond donors (Lipinski definition) is 1. The van der Waals surface area contributed by atoms with Gasteiger partial charge in [-0.1, -0.05) is 16.8 Å². The average molecular weight is 443 g/mol. The van der Waals surface area contributed by atoms with Crippen molar-refractivity contribution in [2.24, 2.45) is 19.3 Å². The molecule has 0 radical (unpaired) electrons. The van der Waals surface area contributed by atoms with Crippen LogP contribution in [-0.4, -0.2) is 36.1 Å². The van der Waals surface area contributed by atoms with Gasteiger partial charge < -0.3 is 9.94 Å². The highest BCUT2D eigenvalue weighted by atomic mass is 35.5. The van der Waals surface area contributed by atoms with Crippen LogP contribution in [0.3, 0.4) is 0 Å². The summed E-state index contributed by atoms with van der Waals surface area (Å²) in [5.74, 6) is -2.07. The molecule has 0 saturated heterocycles. The van der Waals surface area contributed by atoms with Gasteiger partial charge in [0.1, 0.15) is 5.82 Å². The number of aromatic nitrogens is 3. The van der Waals surface area contributed by atoms with E-state index in [9.17, 15) is 23.9 Å². The minimum atomic E-state index is -1.49. The second-order valence-electron chi connectivity index (χ2n) is 6.75. The molecule has 1 atom stereocenters. The quantitative estimate of drug-likeness (QED) is 0.725. The fourth-order valence-corrected chi connectivity index (χ4v) is 3.26. The number of carboxylic acids is 1. The molecule has 2 aromatic rings. The number of carbonyl (C=O) groups is 1. The third-order valence-corrected chi connectivity index (χ3v) is 5.63. The Hall–Kier alpha value is -2.79. The monoisotopic (exact) mass is 442 g/mol. The summed E-state index contributed by atoms with van der Waals surface area (Å²) in [6, 6.07) is 2.16. The highest BCUT2D eigenvalue weighted by Crippen LogP contribution is 2.30. The molecule has 0 aliphatic carbocycles. The van der Waals surface area contributed by atoms with Crippen LogP contribution in [0.1, 0.15) is 25.3 Å². The summed E-state index contributed by atoms with van der Waals surface area (Å²) in [5, 5.41) is 13.0. The largest absolute Gasteiger partial charge is 0.478 e. The minimum Gasteiger partial charge on any atom is -0.478 e. The van der Waals surface area contributed by atoms with E-state index < -0.39 is 28.8 Å². The van der Waals surface area contributed by atoms with E-state index in [-0.39, 0.29) is 39.6 Å². The van der Waals surface area contributed by atoms with Crippen LogP contribution in [-0.2, 0) is 23.7 Å². The lowest BCUT2D eigenvalue weighted by molar-refractivity contribution is -0.165. The molecular formula is C17H16ClFN4O5S. The summed E-state index contributed by atoms with van der Waals surface area (Å²) in [7, 11) is 2.72. The van der Waals surface area contributed by atoms with E-state index in [4.69, 9.17) is 28.7 Å². The summed E-state index contributed by atoms with van der Waals surface area (Å²) in [5.41, 5.74) is -3.00. The Kier molecular flexibility index (Phi) is 5.22. The molecule has 0 fully saturated rings. The van der Waals surface area contributed by atoms with Crippen molar-refractivity contribution >= 4 is 35.5 Å². The molecule has 3 rings (SSSR count). The zero-order chi connectivity index (χ0) is 21.7. The third kappa shape index (κ3) is 3.40. The summed E-state index contributed by atoms with van der Waals surface area (Å²) in [4.78, 5) is 41.5. The lowest BCUT2D eigenvalue weighted by Gasteiger charge is -2.27. The van der Waals surface area contributed by atoms with Crippen LogP contribution in [0.2, 0.25) is 5.02 Å². The third-order valence-electron chi connectivity index (χ3n) is 4.77. The molecule has 0 saturated carbocycles. The molecular weight excluding hydrogens is 427 g/mol. The Balaban J connectivity index is 2.21. The van der Waals surface area contributed by atoms with E-state index in [0.29, 0.717) is 4.57 Å². The number of aliphatic carboxylic acids is 1. The molecule has 1 aromatic carbocycles. The van der Waals surface area contributed by atoms with E-state index in [1.54, 1.807) is 0 Å². The second-order valence-corrected chi connectivity index (χ2v) is 7.52. The van der Waals surface area contributed by atoms with Crippen molar-refractivity contribution in [3.8, 4) is 5.69 Å². The van der Waals surface area contributed by atoms with Gasteiger partial charge in [0.15, 0.2) is 4.77 Å². The summed E-state index contributed by atoms with van der Waals surface area (Å²) < 4.78 is 17.3. The number of hydrogen-bond acceptors (Lipinski definition) is 6. The number of oxime groups is 1. The van der Waals surface area contributed by atoms with Crippen molar-refractivity contribution < 1.29 is 19.1 Å². The predicted molar refractivity (Wildman–Crippen MR) is 105 cm³/mol. The van der Waals surface area contributed by atoms with E-state index in [1.165, 1.54) is 27.1 Å². The first-order chi connectivity index (χ1) is 13.5. The van der Waals surface area contributed by atoms with E-state index in [0.717, 1.165) is 15.2 Å². The second kappa shape index (κ2) is 7.23. The number of nitrogens with zero attached hydrogens (tertiary/aromatic N) is 4. The van der Waals surface area contributed by atoms with Gasteiger partial charge >= 0.3 is 17.3 Å². The molecule has 1 N–H and O–H groups in total. The smallest absolute Gasteiger partial charge is 0.350 e. The predicted octanol–water partition coefficient (Wildman–Crippen LogP) is 1.75. The zero-order valence-electron chi connectivity index (χ0n) is 15.6. The van der Waals surface area contributed by atoms with Gasteiger partial charge in [0.05, 0.1) is 16.4 Å². The highest BCUT2D eigenvalue weighted by molar-refractivity contribution is 7.71. The Morgan fingerprint density at radius 1 is 1.31 bits per heavy atom. The first kappa shape index (κ1) is 20.9. The normalized spacial score (nSPS) is 18.9. The van der Waals surface area contributed by atoms with E-state index in [2.05, 4.69) is 5.16 Å². The number of benzene rings is 1. The van der Waals surface area contributed by atoms with Gasteiger partial charge in [0.2, 0.25) is 5.60 Å². The summed E-state index contributed by atoms with van der Waals surface area (Å²) in [6.07, 6.45) is 0.283. The Bertz CT molecular complexity index is 1210. The zero-order valence-corrected chi connectivity index (χ0v) is 17.2. The lowest BCUT2D eigenvalue weighted by atomic mass is 9.94. The fourth-order valence-electron chi connectivity index (χ4n) is 2.84. The van der Waals surface area contributed by atoms with Crippen LogP contribution in [0, 0.1) is 10.6 Å². The van der Waals surface area contributed by atoms with Crippen LogP contribution in [0.15, 0.2) is 26.9 Å². The molecule has 9 nitrogen and oxygen atoms in total. The summed E-state index contributed by atoms with van der Waals surface area (Å²) >= 11 is 11.2. The average Bonchev–Trinajstić information content (AvgIpc) is 2.67. The van der Waals surface area contributed by atoms with Gasteiger partial charge in [0.25, 0.3) is 0 Å². The van der Waals surface area contributed by atoms with Crippen LogP contribution in [0.25, 0.3) is 5.69 Å². The van der Waals surface area contributed by atoms with Gasteiger partial charge in [0, 0.05) is 26.1 Å². The molecule has 12 heteroatoms. The maximum Gasteiger partial charge on any atom is 0.350 e. The van der Waals surface area contributed by atoms with Gasteiger partial charge in [-0.25, -0.2) is 23.3 Å². The molecule has 2 heterocycles. The molecule has 154 valence electrons. The van der Waals surface area contributed by atoms with Crippen molar-refractivity contribution in [1.29, 1.82) is 0 Å². The number of halogens is 2. The van der Waals surface area contributed by atoms with Crippen LogP contribution >= 0.6 is 23.8 Å². The van der Waals surface area contributed by atoms with Crippen molar-refractivity contribution in [1.82, 2.24) is 13.7 Å². The first-order valence-corrected chi connectivity index (χ1v) is 9.14. The number of rotatable bonds is 3. The Morgan fingerprint density at radius 2 is 1.90 bits per heavy atom. The SMILES string of the molecule is Cn1c(=S)n(C)c(=O)n(-c2cc(C3=NOC(C)(C(=O)O)CC3)c(Cl)cc2F)c1=O. The van der Waals surface area contributed by atoms with Crippen molar-refractivity contribution in [3.63, 3.8) is 0 Å². The molecule has 0 amide bonds. The van der Waals surface area contributed by atoms with E-state index >= 15 is 0 Å². The first-order valence-electron chi connectivity index (χ1n) is 8.35. The fraction of sp³-hybridized carbons (Fsp3) is 0.353. The van der Waals surface area contributed by atoms with E-state index in [1.807, 2.05) is 0 Å². The standard InChI is InChI=1S/C17H16ClFN4O5S/c1-17(13(24)25)5-4-11(20-28-17)8-6-12(10(19)7-9(8)18)23-14(26)21(2)16(29)22(3)15(23)27/h6-7H,4-5H2,1-3H3,(H,24,25). The molecule has 1 aliphatic heterocycles. The Morgan fingerprint density at radius 3 is 2.38 bits per heavy atom. The molecule has 1 aliphatic rings. The molecule has 0 bridgehead atoms. The molecule has 29 heavy (non-hydrogen) atoms. The van der Waals surface area contributed by atoms with Crippen molar-refractivity contribution in [2.45, 2.75) is 25.4 Å². The maximum absolute atomic E-state index is 14.7. The van der Waals surface area contributed by atoms with Gasteiger partial charge in [-0.05, 0) is 37.7 Å². The van der Waals surface area contributed by atoms with Gasteiger partial charge in [-0.2, -0.15) is 0 Å². The maximum atomic E-state index is 14.7. The topological polar surface area (TPSA) is 108 Å². The molecule has 0 spiro atoms. The van der Waals surface area contributed by atoms with Crippen LogP contribution < -0.4 is 11.4 Å². The minimum absolute atomic E-state index is 0.0242. The van der Waals surface area contributed by atoms with Crippen LogP contribution in [0.4, 0.5) is 4.39 Å². The highest BCUT2D eigenvalue weighted by Gasteiger charge is 2.39. The van der Waals surface area contributed by atoms with Crippen molar-refractivity contribution in [3.05, 3.63) is 54.3 Å². The number of carboxylic acid groups (broad SMARTS) is 1. The molecule has 1 aromatic heterocycles. The van der Waals surface area contributed by atoms with Gasteiger partial charge in [-0.3, -0.25) is 9.13 Å². The van der Waals surface area contributed by atoms with Crippen molar-refractivity contribution in [2.75, 3.05) is 0 Å². The van der Waals surface area contributed by atoms with Gasteiger partial charge in [-0.15, -0.1) is 0 Å². The summed E-state index contributed by atoms with van der Waals surface area (Å²) in [6.45, 7) is 1.38. The Labute approximate surface area is 173 Å². The lowest BCUT2D eigenvalue weighted by Crippen LogP contribution is -2.44. The van der Waals surface area contributed by atoms with Crippen LogP contribution in [0.5, 0.6) is 0 Å².